The standard InChI is InChI=1S/C16H19N5O2/c1-2-6-21(7-3-1)16-19-15(11-17-20-16)18-12-4-5-13-14(10-12)23-9-8-22-13/h4-5,10-11H,1-3,6-9H2,(H,18,19,20). The van der Waals surface area contributed by atoms with Crippen LogP contribution in [0.5, 0.6) is 11.5 Å². The summed E-state index contributed by atoms with van der Waals surface area (Å²) in [5, 5.41) is 11.5. The van der Waals surface area contributed by atoms with Gasteiger partial charge in [0, 0.05) is 24.8 Å². The molecule has 1 fully saturated rings. The minimum absolute atomic E-state index is 0.574. The van der Waals surface area contributed by atoms with Crippen LogP contribution in [0.4, 0.5) is 17.5 Å². The summed E-state index contributed by atoms with van der Waals surface area (Å²) in [5.41, 5.74) is 0.888. The lowest BCUT2D eigenvalue weighted by atomic mass is 10.1. The highest BCUT2D eigenvalue weighted by atomic mass is 16.6. The maximum atomic E-state index is 5.60. The minimum atomic E-state index is 0.574. The van der Waals surface area contributed by atoms with Gasteiger partial charge in [-0.05, 0) is 31.4 Å². The second-order valence-electron chi connectivity index (χ2n) is 5.67. The Labute approximate surface area is 134 Å². The summed E-state index contributed by atoms with van der Waals surface area (Å²) in [4.78, 5) is 6.76. The predicted octanol–water partition coefficient (Wildman–Crippen LogP) is 2.38. The zero-order chi connectivity index (χ0) is 15.5. The van der Waals surface area contributed by atoms with Gasteiger partial charge < -0.3 is 19.7 Å². The first kappa shape index (κ1) is 14.0. The van der Waals surface area contributed by atoms with E-state index in [-0.39, 0.29) is 0 Å². The van der Waals surface area contributed by atoms with Gasteiger partial charge in [0.05, 0.1) is 6.20 Å². The van der Waals surface area contributed by atoms with Crippen LogP contribution >= 0.6 is 0 Å². The van der Waals surface area contributed by atoms with Crippen molar-refractivity contribution in [3.63, 3.8) is 0 Å². The summed E-state index contributed by atoms with van der Waals surface area (Å²) < 4.78 is 11.1. The fraction of sp³-hybridized carbons (Fsp3) is 0.438. The van der Waals surface area contributed by atoms with Crippen molar-refractivity contribution in [1.29, 1.82) is 0 Å². The number of anilines is 3. The summed E-state index contributed by atoms with van der Waals surface area (Å²) in [5.74, 6) is 2.89. The monoisotopic (exact) mass is 313 g/mol. The number of aromatic nitrogens is 3. The Morgan fingerprint density at radius 3 is 2.70 bits per heavy atom. The normalized spacial score (nSPS) is 17.0. The number of ether oxygens (including phenoxy) is 2. The Morgan fingerprint density at radius 2 is 1.83 bits per heavy atom. The lowest BCUT2D eigenvalue weighted by Crippen LogP contribution is -2.31. The predicted molar refractivity (Wildman–Crippen MR) is 86.6 cm³/mol. The van der Waals surface area contributed by atoms with Crippen LogP contribution < -0.4 is 19.7 Å². The van der Waals surface area contributed by atoms with Crippen molar-refractivity contribution in [3.05, 3.63) is 24.4 Å². The third kappa shape index (κ3) is 3.13. The van der Waals surface area contributed by atoms with Crippen molar-refractivity contribution >= 4 is 17.5 Å². The summed E-state index contributed by atoms with van der Waals surface area (Å²) in [6.07, 6.45) is 5.27. The molecule has 0 spiro atoms. The van der Waals surface area contributed by atoms with E-state index in [0.717, 1.165) is 30.3 Å². The Bertz CT molecular complexity index is 688. The highest BCUT2D eigenvalue weighted by Gasteiger charge is 2.15. The molecule has 23 heavy (non-hydrogen) atoms. The zero-order valence-electron chi connectivity index (χ0n) is 12.9. The molecular formula is C16H19N5O2. The van der Waals surface area contributed by atoms with Crippen molar-refractivity contribution in [3.8, 4) is 11.5 Å². The van der Waals surface area contributed by atoms with Gasteiger partial charge in [-0.1, -0.05) is 0 Å². The molecule has 4 rings (SSSR count). The Morgan fingerprint density at radius 1 is 1.00 bits per heavy atom. The third-order valence-corrected chi connectivity index (χ3v) is 4.00. The van der Waals surface area contributed by atoms with Crippen LogP contribution in [-0.2, 0) is 0 Å². The van der Waals surface area contributed by atoms with Gasteiger partial charge >= 0.3 is 0 Å². The fourth-order valence-corrected chi connectivity index (χ4v) is 2.85. The Hall–Kier alpha value is -2.57. The number of rotatable bonds is 3. The molecule has 0 unspecified atom stereocenters. The Balaban J connectivity index is 1.52. The van der Waals surface area contributed by atoms with Crippen LogP contribution in [0.3, 0.4) is 0 Å². The van der Waals surface area contributed by atoms with Crippen molar-refractivity contribution in [1.82, 2.24) is 15.2 Å². The SMILES string of the molecule is c1cc2c(cc1Nc1cnnc(N3CCCCC3)n1)OCCO2. The van der Waals surface area contributed by atoms with Crippen molar-refractivity contribution in [2.45, 2.75) is 19.3 Å². The Kier molecular flexibility index (Phi) is 3.83. The quantitative estimate of drug-likeness (QED) is 0.932. The lowest BCUT2D eigenvalue weighted by molar-refractivity contribution is 0.171. The summed E-state index contributed by atoms with van der Waals surface area (Å²) >= 11 is 0. The van der Waals surface area contributed by atoms with Crippen LogP contribution in [0, 0.1) is 0 Å². The maximum Gasteiger partial charge on any atom is 0.247 e. The van der Waals surface area contributed by atoms with E-state index < -0.39 is 0 Å². The first-order chi connectivity index (χ1) is 11.4. The molecule has 3 heterocycles. The van der Waals surface area contributed by atoms with E-state index in [9.17, 15) is 0 Å². The van der Waals surface area contributed by atoms with E-state index >= 15 is 0 Å². The first-order valence-corrected chi connectivity index (χ1v) is 8.00. The van der Waals surface area contributed by atoms with Gasteiger partial charge in [0.15, 0.2) is 17.3 Å². The third-order valence-electron chi connectivity index (χ3n) is 4.00. The molecule has 1 aromatic carbocycles. The van der Waals surface area contributed by atoms with Crippen LogP contribution in [0.1, 0.15) is 19.3 Å². The van der Waals surface area contributed by atoms with Gasteiger partial charge in [0.2, 0.25) is 5.95 Å². The summed E-state index contributed by atoms with van der Waals surface area (Å²) in [7, 11) is 0. The minimum Gasteiger partial charge on any atom is -0.486 e. The van der Waals surface area contributed by atoms with E-state index in [1.54, 1.807) is 6.20 Å². The van der Waals surface area contributed by atoms with Crippen LogP contribution in [-0.4, -0.2) is 41.5 Å². The number of hydrogen-bond donors (Lipinski definition) is 1. The number of hydrogen-bond acceptors (Lipinski definition) is 7. The first-order valence-electron chi connectivity index (χ1n) is 8.00. The highest BCUT2D eigenvalue weighted by molar-refractivity contribution is 5.61. The number of nitrogens with one attached hydrogen (secondary N) is 1. The molecule has 2 aromatic rings. The molecule has 1 saturated heterocycles. The van der Waals surface area contributed by atoms with Crippen LogP contribution in [0.25, 0.3) is 0 Å². The fourth-order valence-electron chi connectivity index (χ4n) is 2.85. The zero-order valence-corrected chi connectivity index (χ0v) is 12.9. The van der Waals surface area contributed by atoms with E-state index in [0.29, 0.717) is 25.0 Å². The maximum absolute atomic E-state index is 5.60. The summed E-state index contributed by atoms with van der Waals surface area (Å²) in [6, 6.07) is 5.75. The molecular weight excluding hydrogens is 294 g/mol. The number of benzene rings is 1. The van der Waals surface area contributed by atoms with E-state index in [1.165, 1.54) is 19.3 Å². The molecule has 7 heteroatoms. The number of nitrogens with zero attached hydrogens (tertiary/aromatic N) is 4. The smallest absolute Gasteiger partial charge is 0.247 e. The average Bonchev–Trinajstić information content (AvgIpc) is 2.63. The van der Waals surface area contributed by atoms with E-state index in [1.807, 2.05) is 18.2 Å². The van der Waals surface area contributed by atoms with Gasteiger partial charge in [-0.2, -0.15) is 10.1 Å². The van der Waals surface area contributed by atoms with Crippen molar-refractivity contribution in [2.24, 2.45) is 0 Å². The summed E-state index contributed by atoms with van der Waals surface area (Å²) in [6.45, 7) is 3.16. The van der Waals surface area contributed by atoms with Crippen LogP contribution in [0.15, 0.2) is 24.4 Å². The number of fused-ring (bicyclic) bond motifs is 1. The topological polar surface area (TPSA) is 72.4 Å². The van der Waals surface area contributed by atoms with Crippen molar-refractivity contribution < 1.29 is 9.47 Å². The largest absolute Gasteiger partial charge is 0.486 e. The van der Waals surface area contributed by atoms with E-state index in [4.69, 9.17) is 9.47 Å². The molecule has 0 saturated carbocycles. The average molecular weight is 313 g/mol. The molecule has 120 valence electrons. The molecule has 2 aliphatic heterocycles. The second-order valence-corrected chi connectivity index (χ2v) is 5.67. The molecule has 0 aliphatic carbocycles. The van der Waals surface area contributed by atoms with Gasteiger partial charge in [-0.15, -0.1) is 5.10 Å². The highest BCUT2D eigenvalue weighted by Crippen LogP contribution is 2.33. The number of piperidine rings is 1. The molecule has 1 N–H and O–H groups in total. The van der Waals surface area contributed by atoms with Gasteiger partial charge in [-0.3, -0.25) is 0 Å². The molecule has 0 atom stereocenters. The molecule has 0 bridgehead atoms. The van der Waals surface area contributed by atoms with Crippen molar-refractivity contribution in [2.75, 3.05) is 36.5 Å². The van der Waals surface area contributed by atoms with Gasteiger partial charge in [-0.25, -0.2) is 0 Å². The second kappa shape index (κ2) is 6.28. The van der Waals surface area contributed by atoms with Gasteiger partial charge in [0.25, 0.3) is 0 Å². The lowest BCUT2D eigenvalue weighted by Gasteiger charge is -2.26. The molecule has 7 nitrogen and oxygen atoms in total. The van der Waals surface area contributed by atoms with Gasteiger partial charge in [0.1, 0.15) is 13.2 Å². The molecule has 1 aromatic heterocycles. The van der Waals surface area contributed by atoms with Crippen LogP contribution in [0.2, 0.25) is 0 Å². The molecule has 2 aliphatic rings. The van der Waals surface area contributed by atoms with E-state index in [2.05, 4.69) is 25.4 Å². The molecule has 0 amide bonds. The molecule has 0 radical (unpaired) electrons.